The minimum Gasteiger partial charge on any atom is -0.317 e. The first-order valence-corrected chi connectivity index (χ1v) is 7.88. The van der Waals surface area contributed by atoms with E-state index in [9.17, 15) is 0 Å². The fourth-order valence-corrected chi connectivity index (χ4v) is 3.39. The van der Waals surface area contributed by atoms with Crippen LogP contribution in [0.3, 0.4) is 0 Å². The highest BCUT2D eigenvalue weighted by Crippen LogP contribution is 2.30. The summed E-state index contributed by atoms with van der Waals surface area (Å²) in [6, 6.07) is 8.33. The van der Waals surface area contributed by atoms with Crippen molar-refractivity contribution in [3.8, 4) is 0 Å². The van der Waals surface area contributed by atoms with E-state index < -0.39 is 0 Å². The summed E-state index contributed by atoms with van der Waals surface area (Å²) in [6.45, 7) is 4.33. The third kappa shape index (κ3) is 2.82. The summed E-state index contributed by atoms with van der Waals surface area (Å²) >= 11 is 6.52. The molecule has 1 aliphatic heterocycles. The van der Waals surface area contributed by atoms with Gasteiger partial charge in [0.05, 0.1) is 16.2 Å². The average molecular weight is 289 g/mol. The Morgan fingerprint density at radius 3 is 2.80 bits per heavy atom. The molecule has 3 heteroatoms. The number of rotatable bonds is 3. The molecule has 1 aromatic carbocycles. The van der Waals surface area contributed by atoms with Crippen LogP contribution in [0.4, 0.5) is 0 Å². The maximum atomic E-state index is 6.52. The van der Waals surface area contributed by atoms with Crippen LogP contribution in [0, 0.1) is 12.8 Å². The summed E-state index contributed by atoms with van der Waals surface area (Å²) in [5.41, 5.74) is 3.30. The zero-order valence-corrected chi connectivity index (χ0v) is 12.7. The number of fused-ring (bicyclic) bond motifs is 1. The summed E-state index contributed by atoms with van der Waals surface area (Å²) in [4.78, 5) is 4.59. The molecular weight excluding hydrogens is 268 g/mol. The first-order valence-electron chi connectivity index (χ1n) is 7.50. The van der Waals surface area contributed by atoms with Crippen molar-refractivity contribution in [2.75, 3.05) is 13.1 Å². The van der Waals surface area contributed by atoms with Gasteiger partial charge in [-0.1, -0.05) is 29.8 Å². The van der Waals surface area contributed by atoms with Crippen molar-refractivity contribution in [3.63, 3.8) is 0 Å². The van der Waals surface area contributed by atoms with Crippen LogP contribution in [0.25, 0.3) is 10.9 Å². The number of hydrogen-bond donors (Lipinski definition) is 1. The lowest BCUT2D eigenvalue weighted by atomic mass is 9.90. The molecule has 1 aliphatic rings. The highest BCUT2D eigenvalue weighted by molar-refractivity contribution is 6.32. The predicted molar refractivity (Wildman–Crippen MR) is 85.4 cm³/mol. The number of benzene rings is 1. The van der Waals surface area contributed by atoms with Gasteiger partial charge in [-0.3, -0.25) is 4.98 Å². The molecule has 2 aromatic rings. The fourth-order valence-electron chi connectivity index (χ4n) is 3.16. The van der Waals surface area contributed by atoms with Crippen molar-refractivity contribution in [2.24, 2.45) is 5.92 Å². The van der Waals surface area contributed by atoms with Crippen LogP contribution in [0.5, 0.6) is 0 Å². The molecular formula is C17H21ClN2. The van der Waals surface area contributed by atoms with Gasteiger partial charge in [0.1, 0.15) is 0 Å². The summed E-state index contributed by atoms with van der Waals surface area (Å²) in [6.07, 6.45) is 4.88. The topological polar surface area (TPSA) is 24.9 Å². The van der Waals surface area contributed by atoms with E-state index in [-0.39, 0.29) is 0 Å². The molecule has 1 fully saturated rings. The Balaban J connectivity index is 1.87. The lowest BCUT2D eigenvalue weighted by Gasteiger charge is -2.23. The van der Waals surface area contributed by atoms with Gasteiger partial charge in [0.25, 0.3) is 0 Å². The van der Waals surface area contributed by atoms with E-state index >= 15 is 0 Å². The molecule has 0 amide bonds. The molecule has 0 spiro atoms. The molecule has 1 aromatic heterocycles. The average Bonchev–Trinajstić information content (AvgIpc) is 2.49. The molecule has 1 N–H and O–H groups in total. The Kier molecular flexibility index (Phi) is 4.23. The second-order valence-corrected chi connectivity index (χ2v) is 6.12. The van der Waals surface area contributed by atoms with Crippen LogP contribution in [-0.4, -0.2) is 18.1 Å². The van der Waals surface area contributed by atoms with Crippen LogP contribution in [0.1, 0.15) is 30.5 Å². The number of aryl methyl sites for hydroxylation is 2. The molecule has 0 radical (unpaired) electrons. The van der Waals surface area contributed by atoms with Crippen LogP contribution >= 0.6 is 11.6 Å². The first-order chi connectivity index (χ1) is 9.75. The van der Waals surface area contributed by atoms with Crippen molar-refractivity contribution in [2.45, 2.75) is 32.6 Å². The number of para-hydroxylation sites is 1. The third-order valence-corrected chi connectivity index (χ3v) is 4.86. The van der Waals surface area contributed by atoms with Crippen molar-refractivity contribution in [1.29, 1.82) is 0 Å². The monoisotopic (exact) mass is 288 g/mol. The molecule has 2 heterocycles. The molecule has 0 saturated carbocycles. The molecule has 0 aliphatic carbocycles. The van der Waals surface area contributed by atoms with E-state index in [1.807, 2.05) is 13.0 Å². The van der Waals surface area contributed by atoms with Gasteiger partial charge in [-0.05, 0) is 63.2 Å². The lowest BCUT2D eigenvalue weighted by molar-refractivity contribution is 0.354. The summed E-state index contributed by atoms with van der Waals surface area (Å²) in [7, 11) is 0. The van der Waals surface area contributed by atoms with Crippen molar-refractivity contribution >= 4 is 22.5 Å². The number of hydrogen-bond acceptors (Lipinski definition) is 2. The number of piperidine rings is 1. The predicted octanol–water partition coefficient (Wildman–Crippen LogP) is 4.13. The van der Waals surface area contributed by atoms with E-state index in [2.05, 4.69) is 28.5 Å². The van der Waals surface area contributed by atoms with Crippen molar-refractivity contribution in [3.05, 3.63) is 40.5 Å². The largest absolute Gasteiger partial charge is 0.317 e. The molecule has 20 heavy (non-hydrogen) atoms. The van der Waals surface area contributed by atoms with E-state index in [0.29, 0.717) is 0 Å². The molecule has 0 bridgehead atoms. The van der Waals surface area contributed by atoms with Gasteiger partial charge in [0, 0.05) is 5.39 Å². The Morgan fingerprint density at radius 2 is 2.00 bits per heavy atom. The van der Waals surface area contributed by atoms with Gasteiger partial charge in [0.2, 0.25) is 0 Å². The minimum absolute atomic E-state index is 0.833. The number of nitrogens with zero attached hydrogens (tertiary/aromatic N) is 1. The molecule has 1 saturated heterocycles. The van der Waals surface area contributed by atoms with Crippen LogP contribution in [-0.2, 0) is 6.42 Å². The standard InChI is InChI=1S/C17H21ClN2/c1-12-17(18)15(7-6-13-8-10-19-11-9-13)14-4-2-3-5-16(14)20-12/h2-5,13,19H,6-11H2,1H3. The zero-order chi connectivity index (χ0) is 13.9. The van der Waals surface area contributed by atoms with Gasteiger partial charge in [-0.2, -0.15) is 0 Å². The number of halogens is 1. The molecule has 106 valence electrons. The number of aromatic nitrogens is 1. The molecule has 0 atom stereocenters. The third-order valence-electron chi connectivity index (χ3n) is 4.36. The molecule has 3 rings (SSSR count). The lowest BCUT2D eigenvalue weighted by Crippen LogP contribution is -2.27. The van der Waals surface area contributed by atoms with E-state index in [1.165, 1.54) is 30.2 Å². The summed E-state index contributed by atoms with van der Waals surface area (Å²) in [5, 5.41) is 5.51. The SMILES string of the molecule is Cc1nc2ccccc2c(CCC2CCNCC2)c1Cl. The number of nitrogens with one attached hydrogen (secondary N) is 1. The molecule has 2 nitrogen and oxygen atoms in total. The van der Waals surface area contributed by atoms with Gasteiger partial charge in [-0.15, -0.1) is 0 Å². The second kappa shape index (κ2) is 6.11. The Morgan fingerprint density at radius 1 is 1.25 bits per heavy atom. The van der Waals surface area contributed by atoms with Crippen LogP contribution in [0.2, 0.25) is 5.02 Å². The Labute approximate surface area is 125 Å². The molecule has 0 unspecified atom stereocenters. The maximum Gasteiger partial charge on any atom is 0.0709 e. The highest BCUT2D eigenvalue weighted by Gasteiger charge is 2.16. The zero-order valence-electron chi connectivity index (χ0n) is 12.0. The Bertz CT molecular complexity index is 603. The minimum atomic E-state index is 0.833. The van der Waals surface area contributed by atoms with Crippen LogP contribution in [0.15, 0.2) is 24.3 Å². The summed E-state index contributed by atoms with van der Waals surface area (Å²) < 4.78 is 0. The highest BCUT2D eigenvalue weighted by atomic mass is 35.5. The van der Waals surface area contributed by atoms with E-state index in [4.69, 9.17) is 11.6 Å². The fraction of sp³-hybridized carbons (Fsp3) is 0.471. The normalized spacial score (nSPS) is 16.7. The van der Waals surface area contributed by atoms with Crippen molar-refractivity contribution in [1.82, 2.24) is 10.3 Å². The van der Waals surface area contributed by atoms with Gasteiger partial charge in [0.15, 0.2) is 0 Å². The number of pyridine rings is 1. The van der Waals surface area contributed by atoms with Gasteiger partial charge < -0.3 is 5.32 Å². The van der Waals surface area contributed by atoms with Crippen molar-refractivity contribution < 1.29 is 0 Å². The Hall–Kier alpha value is -1.12. The second-order valence-electron chi connectivity index (χ2n) is 5.74. The van der Waals surface area contributed by atoms with E-state index in [0.717, 1.165) is 41.7 Å². The quantitative estimate of drug-likeness (QED) is 0.918. The summed E-state index contributed by atoms with van der Waals surface area (Å²) in [5.74, 6) is 0.833. The first kappa shape index (κ1) is 13.8. The smallest absolute Gasteiger partial charge is 0.0709 e. The van der Waals surface area contributed by atoms with E-state index in [1.54, 1.807) is 0 Å². The van der Waals surface area contributed by atoms with Gasteiger partial charge in [-0.25, -0.2) is 0 Å². The maximum absolute atomic E-state index is 6.52. The van der Waals surface area contributed by atoms with Gasteiger partial charge >= 0.3 is 0 Å². The van der Waals surface area contributed by atoms with Crippen LogP contribution < -0.4 is 5.32 Å².